The smallest absolute Gasteiger partial charge is 0.220 e. The van der Waals surface area contributed by atoms with Gasteiger partial charge in [-0.25, -0.2) is 0 Å². The first-order valence-electron chi connectivity index (χ1n) is 32.3. The summed E-state index contributed by atoms with van der Waals surface area (Å²) in [4.78, 5) is 13.1. The van der Waals surface area contributed by atoms with Crippen molar-refractivity contribution in [1.29, 1.82) is 0 Å². The molecule has 0 saturated carbocycles. The maximum absolute atomic E-state index is 13.1. The second-order valence-electron chi connectivity index (χ2n) is 21.8. The number of hydrogen-bond donors (Lipinski definition) is 6. The van der Waals surface area contributed by atoms with Crippen LogP contribution in [0.1, 0.15) is 258 Å². The molecule has 1 rings (SSSR count). The molecule has 0 aromatic carbocycles. The third kappa shape index (κ3) is 46.9. The van der Waals surface area contributed by atoms with Crippen LogP contribution in [0.2, 0.25) is 0 Å². The minimum Gasteiger partial charge on any atom is -0.394 e. The molecule has 7 atom stereocenters. The molecule has 0 bridgehead atoms. The first kappa shape index (κ1) is 73.6. The molecule has 452 valence electrons. The minimum absolute atomic E-state index is 0.226. The second-order valence-corrected chi connectivity index (χ2v) is 21.8. The first-order valence-corrected chi connectivity index (χ1v) is 32.3. The van der Waals surface area contributed by atoms with Gasteiger partial charge in [-0.1, -0.05) is 277 Å². The van der Waals surface area contributed by atoms with E-state index in [0.717, 1.165) is 83.5 Å². The van der Waals surface area contributed by atoms with E-state index in [0.29, 0.717) is 6.42 Å². The van der Waals surface area contributed by atoms with E-state index in [9.17, 15) is 30.3 Å². The lowest BCUT2D eigenvalue weighted by Crippen LogP contribution is -2.60. The zero-order valence-corrected chi connectivity index (χ0v) is 50.3. The lowest BCUT2D eigenvalue weighted by molar-refractivity contribution is -0.302. The van der Waals surface area contributed by atoms with Crippen molar-refractivity contribution in [2.24, 2.45) is 0 Å². The molecule has 1 heterocycles. The largest absolute Gasteiger partial charge is 0.394 e. The van der Waals surface area contributed by atoms with Crippen molar-refractivity contribution < 1.29 is 39.8 Å². The molecular formula is C70H119NO8. The topological polar surface area (TPSA) is 149 Å². The van der Waals surface area contributed by atoms with Crippen LogP contribution in [-0.4, -0.2) is 87.5 Å². The summed E-state index contributed by atoms with van der Waals surface area (Å²) >= 11 is 0. The van der Waals surface area contributed by atoms with E-state index in [2.05, 4.69) is 129 Å². The fraction of sp³-hybridized carbons (Fsp3) is 0.700. The molecule has 0 spiro atoms. The van der Waals surface area contributed by atoms with Gasteiger partial charge in [0.05, 0.1) is 25.4 Å². The Morgan fingerprint density at radius 3 is 1.22 bits per heavy atom. The van der Waals surface area contributed by atoms with Gasteiger partial charge in [0.2, 0.25) is 5.91 Å². The number of hydrogen-bond acceptors (Lipinski definition) is 8. The second kappa shape index (κ2) is 57.8. The molecule has 79 heavy (non-hydrogen) atoms. The molecule has 7 unspecified atom stereocenters. The molecule has 6 N–H and O–H groups in total. The van der Waals surface area contributed by atoms with Gasteiger partial charge >= 0.3 is 0 Å². The van der Waals surface area contributed by atoms with Crippen molar-refractivity contribution in [3.05, 3.63) is 122 Å². The highest BCUT2D eigenvalue weighted by Gasteiger charge is 2.44. The number of carbonyl (C=O) groups excluding carboxylic acids is 1. The van der Waals surface area contributed by atoms with Crippen LogP contribution in [0.25, 0.3) is 0 Å². The van der Waals surface area contributed by atoms with Gasteiger partial charge in [0.25, 0.3) is 0 Å². The van der Waals surface area contributed by atoms with Gasteiger partial charge in [-0.2, -0.15) is 0 Å². The highest BCUT2D eigenvalue weighted by molar-refractivity contribution is 5.76. The average Bonchev–Trinajstić information content (AvgIpc) is 3.47. The van der Waals surface area contributed by atoms with Crippen molar-refractivity contribution in [3.63, 3.8) is 0 Å². The van der Waals surface area contributed by atoms with Gasteiger partial charge in [-0.15, -0.1) is 0 Å². The molecule has 0 aromatic heterocycles. The van der Waals surface area contributed by atoms with Crippen molar-refractivity contribution in [2.45, 2.75) is 301 Å². The number of nitrogens with one attached hydrogen (secondary N) is 1. The van der Waals surface area contributed by atoms with Gasteiger partial charge in [0, 0.05) is 6.42 Å². The quantitative estimate of drug-likeness (QED) is 0.0261. The summed E-state index contributed by atoms with van der Waals surface area (Å²) in [7, 11) is 0. The molecule has 0 aliphatic carbocycles. The Morgan fingerprint density at radius 1 is 0.443 bits per heavy atom. The van der Waals surface area contributed by atoms with E-state index in [1.807, 2.05) is 6.08 Å². The molecule has 0 radical (unpaired) electrons. The van der Waals surface area contributed by atoms with Gasteiger partial charge in [0.15, 0.2) is 6.29 Å². The Balaban J connectivity index is 2.26. The van der Waals surface area contributed by atoms with E-state index in [-0.39, 0.29) is 18.9 Å². The van der Waals surface area contributed by atoms with Gasteiger partial charge in [-0.05, 0) is 96.3 Å². The fourth-order valence-corrected chi connectivity index (χ4v) is 9.48. The molecule has 1 aliphatic rings. The summed E-state index contributed by atoms with van der Waals surface area (Å²) < 4.78 is 11.3. The summed E-state index contributed by atoms with van der Waals surface area (Å²) in [6.07, 6.45) is 80.0. The average molecular weight is 1100 g/mol. The van der Waals surface area contributed by atoms with E-state index in [1.165, 1.54) is 148 Å². The van der Waals surface area contributed by atoms with Crippen molar-refractivity contribution in [1.82, 2.24) is 5.32 Å². The molecule has 1 saturated heterocycles. The standard InChI is InChI=1S/C70H119NO8/c1-3-5-7-9-11-13-15-17-19-21-23-25-27-29-31-32-34-35-37-39-41-43-45-47-49-51-53-55-57-59-64(73)63(62-78-70-69(77)68(76)67(75)65(61-72)79-70)71-66(74)60-58-56-54-52-50-48-46-44-42-40-38-36-33-30-28-26-24-22-20-18-16-14-12-10-8-6-4-2/h6,8,12,14,18,20,24,26,30,33,38,40,44,46,49-52,57,59,63-65,67-70,72-73,75-77H,3-5,7,9-11,13,15-17,19,21-23,25,27-29,31-32,34-37,39,41-43,45,47-48,53-56,58,60-62H2,1-2H3,(H,71,74)/b8-6-,14-12-,20-18-,26-24-,33-30-,40-38-,46-44-,51-49+,52-50-,59-57+. The van der Waals surface area contributed by atoms with Crippen LogP contribution in [0, 0.1) is 0 Å². The zero-order chi connectivity index (χ0) is 57.2. The van der Waals surface area contributed by atoms with Gasteiger partial charge in [0.1, 0.15) is 24.4 Å². The zero-order valence-electron chi connectivity index (χ0n) is 50.3. The number of aliphatic hydroxyl groups excluding tert-OH is 5. The molecule has 9 nitrogen and oxygen atoms in total. The normalized spacial score (nSPS) is 19.4. The van der Waals surface area contributed by atoms with Crippen LogP contribution in [0.5, 0.6) is 0 Å². The fourth-order valence-electron chi connectivity index (χ4n) is 9.48. The number of rotatable bonds is 54. The lowest BCUT2D eigenvalue weighted by atomic mass is 9.99. The summed E-state index contributed by atoms with van der Waals surface area (Å²) in [5.74, 6) is -0.232. The maximum atomic E-state index is 13.1. The summed E-state index contributed by atoms with van der Waals surface area (Å²) in [5.41, 5.74) is 0. The molecular weight excluding hydrogens is 983 g/mol. The predicted molar refractivity (Wildman–Crippen MR) is 336 cm³/mol. The van der Waals surface area contributed by atoms with Crippen LogP contribution in [0.15, 0.2) is 122 Å². The molecule has 1 aliphatic heterocycles. The molecule has 1 fully saturated rings. The Kier molecular flexibility index (Phi) is 53.9. The predicted octanol–water partition coefficient (Wildman–Crippen LogP) is 17.1. The Hall–Kier alpha value is -3.41. The Bertz CT molecular complexity index is 1660. The summed E-state index contributed by atoms with van der Waals surface area (Å²) in [6, 6.07) is -0.856. The highest BCUT2D eigenvalue weighted by atomic mass is 16.7. The van der Waals surface area contributed by atoms with Crippen LogP contribution in [0.4, 0.5) is 0 Å². The maximum Gasteiger partial charge on any atom is 0.220 e. The molecule has 0 aromatic rings. The van der Waals surface area contributed by atoms with Gasteiger partial charge in [-0.3, -0.25) is 4.79 Å². The lowest BCUT2D eigenvalue weighted by Gasteiger charge is -2.40. The Morgan fingerprint density at radius 2 is 0.797 bits per heavy atom. The SMILES string of the molecule is CC/C=C\C/C=C\C/C=C\C/C=C\C/C=C\C/C=C\C/C=C\C/C=C\CCCCC(=O)NC(COC1OC(CO)C(O)C(O)C1O)C(O)/C=C/CC/C=C/CCCCCCCCCCCCCCCCCCCCCCCCC. The van der Waals surface area contributed by atoms with E-state index in [1.54, 1.807) is 6.08 Å². The summed E-state index contributed by atoms with van der Waals surface area (Å²) in [6.45, 7) is 3.64. The van der Waals surface area contributed by atoms with E-state index in [4.69, 9.17) is 9.47 Å². The van der Waals surface area contributed by atoms with Crippen molar-refractivity contribution in [3.8, 4) is 0 Å². The van der Waals surface area contributed by atoms with Crippen molar-refractivity contribution >= 4 is 5.91 Å². The third-order valence-electron chi connectivity index (χ3n) is 14.5. The monoisotopic (exact) mass is 1100 g/mol. The van der Waals surface area contributed by atoms with Crippen LogP contribution >= 0.6 is 0 Å². The molecule has 9 heteroatoms. The van der Waals surface area contributed by atoms with Crippen LogP contribution in [0.3, 0.4) is 0 Å². The van der Waals surface area contributed by atoms with Crippen LogP contribution in [-0.2, 0) is 14.3 Å². The number of ether oxygens (including phenoxy) is 2. The van der Waals surface area contributed by atoms with Crippen molar-refractivity contribution in [2.75, 3.05) is 13.2 Å². The number of aliphatic hydroxyl groups is 5. The van der Waals surface area contributed by atoms with Gasteiger partial charge < -0.3 is 40.3 Å². The first-order chi connectivity index (χ1) is 38.8. The Labute approximate surface area is 484 Å². The number of amides is 1. The highest BCUT2D eigenvalue weighted by Crippen LogP contribution is 2.23. The van der Waals surface area contributed by atoms with E-state index < -0.39 is 49.5 Å². The third-order valence-corrected chi connectivity index (χ3v) is 14.5. The van der Waals surface area contributed by atoms with E-state index >= 15 is 0 Å². The molecule has 1 amide bonds. The number of carbonyl (C=O) groups is 1. The number of allylic oxidation sites excluding steroid dienone is 19. The minimum atomic E-state index is -1.59. The number of unbranched alkanes of at least 4 members (excludes halogenated alkanes) is 26. The summed E-state index contributed by atoms with van der Waals surface area (Å²) in [5, 5.41) is 54.6. The van der Waals surface area contributed by atoms with Crippen LogP contribution < -0.4 is 5.32 Å².